The molecule has 24 heavy (non-hydrogen) atoms. The SMILES string of the molecule is c1cnc(N2CCN(c3nccc(-c4ccncc4)n3)CC2)nc1. The lowest BCUT2D eigenvalue weighted by Crippen LogP contribution is -2.47. The molecule has 1 aliphatic rings. The number of aromatic nitrogens is 5. The Hall–Kier alpha value is -3.09. The van der Waals surface area contributed by atoms with Crippen molar-refractivity contribution < 1.29 is 0 Å². The first-order valence-corrected chi connectivity index (χ1v) is 7.90. The van der Waals surface area contributed by atoms with Crippen LogP contribution in [0.25, 0.3) is 11.3 Å². The van der Waals surface area contributed by atoms with Crippen molar-refractivity contribution >= 4 is 11.9 Å². The summed E-state index contributed by atoms with van der Waals surface area (Å²) in [5, 5.41) is 0. The van der Waals surface area contributed by atoms with Gasteiger partial charge in [-0.15, -0.1) is 0 Å². The molecule has 0 N–H and O–H groups in total. The van der Waals surface area contributed by atoms with E-state index in [1.54, 1.807) is 24.8 Å². The monoisotopic (exact) mass is 319 g/mol. The molecule has 3 aromatic rings. The van der Waals surface area contributed by atoms with E-state index in [4.69, 9.17) is 4.98 Å². The van der Waals surface area contributed by atoms with Gasteiger partial charge < -0.3 is 9.80 Å². The van der Waals surface area contributed by atoms with Gasteiger partial charge in [-0.25, -0.2) is 19.9 Å². The van der Waals surface area contributed by atoms with Gasteiger partial charge in [0.1, 0.15) is 0 Å². The fraction of sp³-hybridized carbons (Fsp3) is 0.235. The number of hydrogen-bond acceptors (Lipinski definition) is 7. The lowest BCUT2D eigenvalue weighted by Gasteiger charge is -2.34. The molecule has 120 valence electrons. The smallest absolute Gasteiger partial charge is 0.225 e. The van der Waals surface area contributed by atoms with Crippen LogP contribution in [0.4, 0.5) is 11.9 Å². The van der Waals surface area contributed by atoms with Gasteiger partial charge in [0.15, 0.2) is 0 Å². The fourth-order valence-electron chi connectivity index (χ4n) is 2.75. The van der Waals surface area contributed by atoms with Crippen LogP contribution in [0, 0.1) is 0 Å². The zero-order chi connectivity index (χ0) is 16.2. The highest BCUT2D eigenvalue weighted by Gasteiger charge is 2.20. The maximum Gasteiger partial charge on any atom is 0.225 e. The summed E-state index contributed by atoms with van der Waals surface area (Å²) in [6, 6.07) is 7.67. The van der Waals surface area contributed by atoms with E-state index in [2.05, 4.69) is 29.7 Å². The van der Waals surface area contributed by atoms with Crippen molar-refractivity contribution in [1.29, 1.82) is 0 Å². The second-order valence-corrected chi connectivity index (χ2v) is 5.50. The second kappa shape index (κ2) is 6.57. The molecular formula is C17H17N7. The minimum atomic E-state index is 0.762. The highest BCUT2D eigenvalue weighted by molar-refractivity contribution is 5.59. The molecule has 0 radical (unpaired) electrons. The number of pyridine rings is 1. The van der Waals surface area contributed by atoms with Crippen LogP contribution in [0.3, 0.4) is 0 Å². The van der Waals surface area contributed by atoms with Crippen LogP contribution in [0.5, 0.6) is 0 Å². The quantitative estimate of drug-likeness (QED) is 0.727. The van der Waals surface area contributed by atoms with Crippen molar-refractivity contribution in [3.05, 3.63) is 55.2 Å². The lowest BCUT2D eigenvalue weighted by atomic mass is 10.2. The third-order valence-corrected chi connectivity index (χ3v) is 4.02. The highest BCUT2D eigenvalue weighted by Crippen LogP contribution is 2.19. The van der Waals surface area contributed by atoms with E-state index in [1.807, 2.05) is 30.5 Å². The zero-order valence-corrected chi connectivity index (χ0v) is 13.2. The number of nitrogens with zero attached hydrogens (tertiary/aromatic N) is 7. The summed E-state index contributed by atoms with van der Waals surface area (Å²) in [5.74, 6) is 1.54. The highest BCUT2D eigenvalue weighted by atomic mass is 15.3. The normalized spacial score (nSPS) is 14.7. The van der Waals surface area contributed by atoms with Crippen molar-refractivity contribution in [1.82, 2.24) is 24.9 Å². The molecule has 0 aliphatic carbocycles. The molecule has 0 unspecified atom stereocenters. The summed E-state index contributed by atoms with van der Waals surface area (Å²) in [6.07, 6.45) is 8.91. The van der Waals surface area contributed by atoms with E-state index in [9.17, 15) is 0 Å². The fourth-order valence-corrected chi connectivity index (χ4v) is 2.75. The van der Waals surface area contributed by atoms with Gasteiger partial charge in [-0.3, -0.25) is 4.98 Å². The summed E-state index contributed by atoms with van der Waals surface area (Å²) < 4.78 is 0. The van der Waals surface area contributed by atoms with Crippen molar-refractivity contribution in [2.45, 2.75) is 0 Å². The summed E-state index contributed by atoms with van der Waals surface area (Å²) in [4.78, 5) is 26.2. The van der Waals surface area contributed by atoms with Crippen molar-refractivity contribution in [2.24, 2.45) is 0 Å². The molecule has 1 aliphatic heterocycles. The van der Waals surface area contributed by atoms with Crippen molar-refractivity contribution in [3.63, 3.8) is 0 Å². The van der Waals surface area contributed by atoms with Crippen LogP contribution >= 0.6 is 0 Å². The third kappa shape index (κ3) is 3.01. The maximum atomic E-state index is 4.70. The summed E-state index contributed by atoms with van der Waals surface area (Å²) in [5.41, 5.74) is 1.96. The Balaban J connectivity index is 1.48. The minimum absolute atomic E-state index is 0.762. The predicted octanol–water partition coefficient (Wildman–Crippen LogP) is 1.66. The summed E-state index contributed by atoms with van der Waals surface area (Å²) >= 11 is 0. The zero-order valence-electron chi connectivity index (χ0n) is 13.2. The Morgan fingerprint density at radius 1 is 0.667 bits per heavy atom. The van der Waals surface area contributed by atoms with Crippen LogP contribution < -0.4 is 9.80 Å². The van der Waals surface area contributed by atoms with Gasteiger partial charge in [0.2, 0.25) is 11.9 Å². The Bertz CT molecular complexity index is 786. The van der Waals surface area contributed by atoms with Crippen LogP contribution in [0.15, 0.2) is 55.2 Å². The average molecular weight is 319 g/mol. The molecule has 0 amide bonds. The molecule has 4 rings (SSSR count). The first-order chi connectivity index (χ1) is 11.9. The van der Waals surface area contributed by atoms with Crippen LogP contribution in [-0.4, -0.2) is 51.1 Å². The molecule has 1 fully saturated rings. The van der Waals surface area contributed by atoms with Crippen molar-refractivity contribution in [2.75, 3.05) is 36.0 Å². The van der Waals surface area contributed by atoms with E-state index in [0.29, 0.717) is 0 Å². The Kier molecular flexibility index (Phi) is 3.97. The first-order valence-electron chi connectivity index (χ1n) is 7.90. The van der Waals surface area contributed by atoms with Crippen molar-refractivity contribution in [3.8, 4) is 11.3 Å². The molecule has 1 saturated heterocycles. The standard InChI is InChI=1S/C17H17N7/c1-5-19-16(20-6-1)23-10-12-24(13-11-23)17-21-9-4-15(22-17)14-2-7-18-8-3-14/h1-9H,10-13H2. The first kappa shape index (κ1) is 14.5. The number of anilines is 2. The van der Waals surface area contributed by atoms with Gasteiger partial charge in [0, 0.05) is 62.7 Å². The van der Waals surface area contributed by atoms with Gasteiger partial charge in [0.25, 0.3) is 0 Å². The number of hydrogen-bond donors (Lipinski definition) is 0. The molecule has 7 heteroatoms. The maximum absolute atomic E-state index is 4.70. The predicted molar refractivity (Wildman–Crippen MR) is 91.7 cm³/mol. The van der Waals surface area contributed by atoms with Crippen LogP contribution in [0.1, 0.15) is 0 Å². The molecule has 0 aromatic carbocycles. The van der Waals surface area contributed by atoms with Gasteiger partial charge >= 0.3 is 0 Å². The topological polar surface area (TPSA) is 70.9 Å². The van der Waals surface area contributed by atoms with Gasteiger partial charge in [-0.05, 0) is 24.3 Å². The minimum Gasteiger partial charge on any atom is -0.337 e. The molecule has 0 spiro atoms. The average Bonchev–Trinajstić information content (AvgIpc) is 2.70. The van der Waals surface area contributed by atoms with E-state index in [1.165, 1.54) is 0 Å². The molecule has 0 bridgehead atoms. The summed E-state index contributed by atoms with van der Waals surface area (Å²) in [6.45, 7) is 3.40. The van der Waals surface area contributed by atoms with Crippen LogP contribution in [-0.2, 0) is 0 Å². The Morgan fingerprint density at radius 3 is 2.00 bits per heavy atom. The largest absolute Gasteiger partial charge is 0.337 e. The number of rotatable bonds is 3. The molecule has 0 atom stereocenters. The van der Waals surface area contributed by atoms with Gasteiger partial charge in [-0.1, -0.05) is 0 Å². The molecule has 0 saturated carbocycles. The van der Waals surface area contributed by atoms with E-state index in [0.717, 1.165) is 49.3 Å². The lowest BCUT2D eigenvalue weighted by molar-refractivity contribution is 0.628. The molecule has 3 aromatic heterocycles. The van der Waals surface area contributed by atoms with E-state index >= 15 is 0 Å². The van der Waals surface area contributed by atoms with E-state index in [-0.39, 0.29) is 0 Å². The second-order valence-electron chi connectivity index (χ2n) is 5.50. The Labute approximate surface area is 140 Å². The van der Waals surface area contributed by atoms with E-state index < -0.39 is 0 Å². The molecule has 4 heterocycles. The summed E-state index contributed by atoms with van der Waals surface area (Å²) in [7, 11) is 0. The number of piperazine rings is 1. The molecule has 7 nitrogen and oxygen atoms in total. The Morgan fingerprint density at radius 2 is 1.29 bits per heavy atom. The van der Waals surface area contributed by atoms with Gasteiger partial charge in [0.05, 0.1) is 5.69 Å². The molecular weight excluding hydrogens is 302 g/mol. The third-order valence-electron chi connectivity index (χ3n) is 4.02. The van der Waals surface area contributed by atoms with Crippen LogP contribution in [0.2, 0.25) is 0 Å². The van der Waals surface area contributed by atoms with Gasteiger partial charge in [-0.2, -0.15) is 0 Å².